The Morgan fingerprint density at radius 3 is 2.50 bits per heavy atom. The molecule has 2 fully saturated rings. The van der Waals surface area contributed by atoms with Crippen molar-refractivity contribution < 1.29 is 44.4 Å². The van der Waals surface area contributed by atoms with Crippen LogP contribution in [-0.2, 0) is 14.3 Å². The molecule has 7 atom stereocenters. The van der Waals surface area contributed by atoms with Crippen molar-refractivity contribution in [1.82, 2.24) is 4.90 Å². The van der Waals surface area contributed by atoms with Gasteiger partial charge in [-0.15, -0.1) is 0 Å². The van der Waals surface area contributed by atoms with Gasteiger partial charge >= 0.3 is 5.97 Å². The summed E-state index contributed by atoms with van der Waals surface area (Å²) in [4.78, 5) is 24.4. The van der Waals surface area contributed by atoms with Crippen molar-refractivity contribution in [2.24, 2.45) is 0 Å². The van der Waals surface area contributed by atoms with Gasteiger partial charge in [0.1, 0.15) is 18.3 Å². The molecule has 142 valence electrons. The smallest absolute Gasteiger partial charge is 0.335 e. The second-order valence-corrected chi connectivity index (χ2v) is 6.56. The van der Waals surface area contributed by atoms with Gasteiger partial charge in [-0.3, -0.25) is 4.79 Å². The molecule has 2 aliphatic rings. The van der Waals surface area contributed by atoms with E-state index in [0.717, 1.165) is 0 Å². The number of carbonyl (C=O) groups excluding carboxylic acids is 1. The Labute approximate surface area is 148 Å². The summed E-state index contributed by atoms with van der Waals surface area (Å²) in [6.07, 6.45) is -5.82. The lowest BCUT2D eigenvalue weighted by Crippen LogP contribution is -2.63. The largest absolute Gasteiger partial charge is 0.479 e. The standard InChI is InChI=1S/C16H20N2O8/c1-17-8(5-9(19)14(17)23)7-3-2-4-18(6-7)15-12(22)10(20)11(21)13(26-15)16(24)25/h2-4,6,8-13,15,19-22H,5H2,1H3/p+1/t8-,9+,10-,11-,12+,13-,15+/m0/s1. The SMILES string of the molecule is CN1C(=O)[C@H](O)C[C@H]1c1ccc[n+]([C@@H]2O[C@H](C(=O)O)[C@@H](O)[C@H](O)[C@H]2O)c1. The van der Waals surface area contributed by atoms with Gasteiger partial charge in [0.15, 0.2) is 24.6 Å². The van der Waals surface area contributed by atoms with Gasteiger partial charge in [0, 0.05) is 25.1 Å². The van der Waals surface area contributed by atoms with Crippen LogP contribution in [0.15, 0.2) is 24.5 Å². The number of likely N-dealkylation sites (tertiary alicyclic amines) is 1. The lowest BCUT2D eigenvalue weighted by molar-refractivity contribution is -0.777. The number of aliphatic hydroxyl groups is 4. The lowest BCUT2D eigenvalue weighted by Gasteiger charge is -2.35. The molecule has 3 rings (SSSR count). The highest BCUT2D eigenvalue weighted by Gasteiger charge is 2.51. The minimum Gasteiger partial charge on any atom is -0.479 e. The number of amides is 1. The number of aliphatic hydroxyl groups excluding tert-OH is 4. The van der Waals surface area contributed by atoms with E-state index < -0.39 is 54.7 Å². The zero-order valence-electron chi connectivity index (χ0n) is 13.9. The van der Waals surface area contributed by atoms with Gasteiger partial charge in [0.2, 0.25) is 0 Å². The minimum absolute atomic E-state index is 0.201. The molecule has 0 saturated carbocycles. The van der Waals surface area contributed by atoms with Gasteiger partial charge in [-0.2, -0.15) is 4.57 Å². The fourth-order valence-electron chi connectivity index (χ4n) is 3.40. The van der Waals surface area contributed by atoms with Crippen molar-refractivity contribution in [3.05, 3.63) is 30.1 Å². The maximum absolute atomic E-state index is 11.8. The van der Waals surface area contributed by atoms with E-state index in [4.69, 9.17) is 9.84 Å². The number of hydrogen-bond donors (Lipinski definition) is 5. The van der Waals surface area contributed by atoms with Crippen molar-refractivity contribution in [3.63, 3.8) is 0 Å². The summed E-state index contributed by atoms with van der Waals surface area (Å²) in [5.74, 6) is -1.86. The molecule has 5 N–H and O–H groups in total. The highest BCUT2D eigenvalue weighted by atomic mass is 16.6. The predicted molar refractivity (Wildman–Crippen MR) is 82.3 cm³/mol. The number of carboxylic acids is 1. The molecule has 10 nitrogen and oxygen atoms in total. The molecule has 2 aliphatic heterocycles. The van der Waals surface area contributed by atoms with Crippen LogP contribution in [0.4, 0.5) is 0 Å². The number of aromatic nitrogens is 1. The molecule has 0 radical (unpaired) electrons. The van der Waals surface area contributed by atoms with Gasteiger partial charge in [0.25, 0.3) is 12.1 Å². The fraction of sp³-hybridized carbons (Fsp3) is 0.562. The first-order valence-electron chi connectivity index (χ1n) is 8.10. The van der Waals surface area contributed by atoms with Crippen LogP contribution in [0.3, 0.4) is 0 Å². The molecular formula is C16H21N2O8+. The summed E-state index contributed by atoms with van der Waals surface area (Å²) in [7, 11) is 1.56. The predicted octanol–water partition coefficient (Wildman–Crippen LogP) is -2.70. The Hall–Kier alpha value is -2.11. The molecule has 0 unspecified atom stereocenters. The van der Waals surface area contributed by atoms with E-state index >= 15 is 0 Å². The second-order valence-electron chi connectivity index (χ2n) is 6.56. The van der Waals surface area contributed by atoms with E-state index in [1.165, 1.54) is 15.7 Å². The Morgan fingerprint density at radius 1 is 1.23 bits per heavy atom. The summed E-state index contributed by atoms with van der Waals surface area (Å²) in [5.41, 5.74) is 0.642. The van der Waals surface area contributed by atoms with Crippen LogP contribution in [0.5, 0.6) is 0 Å². The van der Waals surface area contributed by atoms with E-state index in [1.807, 2.05) is 0 Å². The third-order valence-corrected chi connectivity index (χ3v) is 4.90. The van der Waals surface area contributed by atoms with E-state index in [1.54, 1.807) is 25.4 Å². The number of carbonyl (C=O) groups is 2. The normalized spacial score (nSPS) is 37.8. The number of rotatable bonds is 3. The summed E-state index contributed by atoms with van der Waals surface area (Å²) in [5, 5.41) is 48.8. The molecule has 1 aromatic rings. The summed E-state index contributed by atoms with van der Waals surface area (Å²) in [6, 6.07) is 2.94. The van der Waals surface area contributed by atoms with Gasteiger partial charge in [0.05, 0.1) is 6.04 Å². The van der Waals surface area contributed by atoms with Gasteiger partial charge in [-0.1, -0.05) is 0 Å². The summed E-state index contributed by atoms with van der Waals surface area (Å²) in [6.45, 7) is 0. The molecule has 2 saturated heterocycles. The average molecular weight is 369 g/mol. The van der Waals surface area contributed by atoms with Gasteiger partial charge < -0.3 is 35.2 Å². The Kier molecular flexibility index (Phi) is 4.95. The molecule has 0 aliphatic carbocycles. The maximum atomic E-state index is 11.8. The zero-order chi connectivity index (χ0) is 19.2. The monoisotopic (exact) mass is 369 g/mol. The van der Waals surface area contributed by atoms with E-state index in [9.17, 15) is 30.0 Å². The Bertz CT molecular complexity index is 713. The van der Waals surface area contributed by atoms with Crippen molar-refractivity contribution in [3.8, 4) is 0 Å². The first kappa shape index (κ1) is 18.7. The first-order chi connectivity index (χ1) is 12.2. The van der Waals surface area contributed by atoms with Crippen LogP contribution in [0.25, 0.3) is 0 Å². The maximum Gasteiger partial charge on any atom is 0.335 e. The first-order valence-corrected chi connectivity index (χ1v) is 8.10. The number of carboxylic acid groups (broad SMARTS) is 1. The van der Waals surface area contributed by atoms with Gasteiger partial charge in [-0.25, -0.2) is 4.79 Å². The Morgan fingerprint density at radius 2 is 1.92 bits per heavy atom. The molecule has 0 aromatic carbocycles. The topological polar surface area (TPSA) is 152 Å². The highest BCUT2D eigenvalue weighted by molar-refractivity contribution is 5.83. The van der Waals surface area contributed by atoms with Crippen LogP contribution >= 0.6 is 0 Å². The number of nitrogens with zero attached hydrogens (tertiary/aromatic N) is 2. The number of ether oxygens (including phenoxy) is 1. The second kappa shape index (κ2) is 6.89. The van der Waals surface area contributed by atoms with Crippen LogP contribution < -0.4 is 4.57 Å². The van der Waals surface area contributed by atoms with E-state index in [2.05, 4.69) is 0 Å². The van der Waals surface area contributed by atoms with E-state index in [-0.39, 0.29) is 6.42 Å². The highest BCUT2D eigenvalue weighted by Crippen LogP contribution is 2.31. The lowest BCUT2D eigenvalue weighted by atomic mass is 9.97. The van der Waals surface area contributed by atoms with Crippen LogP contribution in [0.1, 0.15) is 24.3 Å². The van der Waals surface area contributed by atoms with Gasteiger partial charge in [-0.05, 0) is 6.07 Å². The number of hydrogen-bond acceptors (Lipinski definition) is 7. The third kappa shape index (κ3) is 3.06. The minimum atomic E-state index is -1.77. The van der Waals surface area contributed by atoms with Crippen molar-refractivity contribution in [1.29, 1.82) is 0 Å². The number of aliphatic carboxylic acids is 1. The molecule has 1 amide bonds. The molecule has 0 bridgehead atoms. The Balaban J connectivity index is 1.90. The number of pyridine rings is 1. The average Bonchev–Trinajstić information content (AvgIpc) is 2.87. The summed E-state index contributed by atoms with van der Waals surface area (Å²) >= 11 is 0. The quantitative estimate of drug-likeness (QED) is 0.361. The zero-order valence-corrected chi connectivity index (χ0v) is 13.9. The van der Waals surface area contributed by atoms with Crippen molar-refractivity contribution in [2.75, 3.05) is 7.05 Å². The van der Waals surface area contributed by atoms with Crippen LogP contribution in [0.2, 0.25) is 0 Å². The number of likely N-dealkylation sites (N-methyl/N-ethyl adjacent to an activating group) is 1. The molecule has 10 heteroatoms. The molecular weight excluding hydrogens is 348 g/mol. The van der Waals surface area contributed by atoms with E-state index in [0.29, 0.717) is 5.56 Å². The van der Waals surface area contributed by atoms with Crippen LogP contribution in [-0.4, -0.2) is 79.9 Å². The molecule has 1 aromatic heterocycles. The summed E-state index contributed by atoms with van der Waals surface area (Å²) < 4.78 is 6.66. The molecule has 26 heavy (non-hydrogen) atoms. The van der Waals surface area contributed by atoms with Crippen molar-refractivity contribution in [2.45, 2.75) is 49.2 Å². The van der Waals surface area contributed by atoms with Crippen LogP contribution in [0, 0.1) is 0 Å². The molecule has 3 heterocycles. The van der Waals surface area contributed by atoms with Crippen molar-refractivity contribution >= 4 is 11.9 Å². The molecule has 0 spiro atoms. The fourth-order valence-corrected chi connectivity index (χ4v) is 3.40. The third-order valence-electron chi connectivity index (χ3n) is 4.90.